The van der Waals surface area contributed by atoms with Gasteiger partial charge in [-0.1, -0.05) is 32.4 Å². The minimum atomic E-state index is -1.61. The van der Waals surface area contributed by atoms with Crippen LogP contribution in [0.15, 0.2) is 6.20 Å². The molecule has 0 saturated carbocycles. The summed E-state index contributed by atoms with van der Waals surface area (Å²) >= 11 is 6.04. The number of anilines is 1. The van der Waals surface area contributed by atoms with E-state index in [1.807, 2.05) is 25.7 Å². The first-order chi connectivity index (χ1) is 18.9. The number of nitrogens with zero attached hydrogens (tertiary/aromatic N) is 5. The summed E-state index contributed by atoms with van der Waals surface area (Å²) in [7, 11) is 0. The molecule has 4 fully saturated rings. The van der Waals surface area contributed by atoms with Crippen molar-refractivity contribution in [1.82, 2.24) is 19.9 Å². The Bertz CT molecular complexity index is 1350. The third-order valence-corrected chi connectivity index (χ3v) is 9.83. The molecule has 218 valence electrons. The number of carbonyl (C=O) groups is 1. The van der Waals surface area contributed by atoms with E-state index < -0.39 is 46.9 Å². The predicted molar refractivity (Wildman–Crippen MR) is 143 cm³/mol. The highest BCUT2D eigenvalue weighted by Crippen LogP contribution is 2.57. The Labute approximate surface area is 235 Å². The van der Waals surface area contributed by atoms with E-state index >= 15 is 8.78 Å². The quantitative estimate of drug-likeness (QED) is 0.504. The molecule has 9 nitrogen and oxygen atoms in total. The standard InChI is InChI=1S/C27H34ClF3N6O3/c1-25(2,3)27-7-5-15(9-17(20(27)31)40-23(32)38)37(27)22-16-11-33-21(28)18(30)19(16)34-24(35-22)39-13-26-6-4-8-36(26)12-14(29)10-26/h11,14-15,17,20H,4-10,12-13H2,1-3H3,(H2,32,38)/t14-,15-,17+,20+,26+,27-/m1/s1. The van der Waals surface area contributed by atoms with E-state index in [9.17, 15) is 9.18 Å². The van der Waals surface area contributed by atoms with Gasteiger partial charge in [0.15, 0.2) is 17.1 Å². The van der Waals surface area contributed by atoms with Crippen molar-refractivity contribution < 1.29 is 27.4 Å². The number of ether oxygens (including phenoxy) is 2. The summed E-state index contributed by atoms with van der Waals surface area (Å²) in [6, 6.07) is -0.382. The summed E-state index contributed by atoms with van der Waals surface area (Å²) in [6.07, 6.45) is 0.0729. The first-order valence-electron chi connectivity index (χ1n) is 13.8. The van der Waals surface area contributed by atoms with Crippen molar-refractivity contribution in [2.75, 3.05) is 24.6 Å². The number of carbonyl (C=O) groups excluding carboxylic acids is 1. The van der Waals surface area contributed by atoms with Crippen molar-refractivity contribution >= 4 is 34.4 Å². The maximum Gasteiger partial charge on any atom is 0.404 e. The van der Waals surface area contributed by atoms with Crippen LogP contribution in [0.3, 0.4) is 0 Å². The van der Waals surface area contributed by atoms with Crippen LogP contribution in [0, 0.1) is 11.2 Å². The van der Waals surface area contributed by atoms with E-state index in [4.69, 9.17) is 31.8 Å². The first-order valence-corrected chi connectivity index (χ1v) is 14.2. The van der Waals surface area contributed by atoms with Crippen LogP contribution in [0.2, 0.25) is 5.15 Å². The van der Waals surface area contributed by atoms with E-state index in [0.29, 0.717) is 25.8 Å². The molecule has 6 rings (SSSR count). The molecule has 1 amide bonds. The average molecular weight is 583 g/mol. The molecule has 4 aliphatic rings. The van der Waals surface area contributed by atoms with Crippen molar-refractivity contribution in [3.05, 3.63) is 17.2 Å². The highest BCUT2D eigenvalue weighted by atomic mass is 35.5. The maximum atomic E-state index is 16.6. The predicted octanol–water partition coefficient (Wildman–Crippen LogP) is 4.73. The van der Waals surface area contributed by atoms with E-state index in [1.54, 1.807) is 0 Å². The number of amides is 1. The largest absolute Gasteiger partial charge is 0.461 e. The van der Waals surface area contributed by atoms with Crippen LogP contribution in [0.4, 0.5) is 23.8 Å². The Hall–Kier alpha value is -2.60. The molecular formula is C27H34ClF3N6O3. The number of halogens is 4. The van der Waals surface area contributed by atoms with Gasteiger partial charge in [0.05, 0.1) is 16.5 Å². The van der Waals surface area contributed by atoms with Gasteiger partial charge >= 0.3 is 12.1 Å². The maximum absolute atomic E-state index is 16.6. The fraction of sp³-hybridized carbons (Fsp3) is 0.704. The highest BCUT2D eigenvalue weighted by Gasteiger charge is 2.65. The second-order valence-corrected chi connectivity index (χ2v) is 13.0. The summed E-state index contributed by atoms with van der Waals surface area (Å²) in [4.78, 5) is 28.7. The number of hydrogen-bond acceptors (Lipinski definition) is 8. The molecule has 0 radical (unpaired) electrons. The second kappa shape index (κ2) is 9.47. The third-order valence-electron chi connectivity index (χ3n) is 9.57. The van der Waals surface area contributed by atoms with E-state index in [0.717, 1.165) is 19.4 Å². The van der Waals surface area contributed by atoms with Crippen molar-refractivity contribution in [3.63, 3.8) is 0 Å². The van der Waals surface area contributed by atoms with Gasteiger partial charge in [-0.05, 0) is 37.6 Å². The number of alkyl halides is 2. The molecule has 0 aliphatic carbocycles. The molecule has 2 aromatic rings. The van der Waals surface area contributed by atoms with Crippen LogP contribution in [0.25, 0.3) is 10.9 Å². The smallest absolute Gasteiger partial charge is 0.404 e. The van der Waals surface area contributed by atoms with Crippen LogP contribution >= 0.6 is 11.6 Å². The van der Waals surface area contributed by atoms with Gasteiger partial charge in [-0.15, -0.1) is 0 Å². The Kier molecular flexibility index (Phi) is 6.53. The zero-order valence-electron chi connectivity index (χ0n) is 22.8. The molecule has 40 heavy (non-hydrogen) atoms. The number of pyridine rings is 1. The zero-order valence-corrected chi connectivity index (χ0v) is 23.6. The fourth-order valence-corrected chi connectivity index (χ4v) is 7.95. The van der Waals surface area contributed by atoms with Crippen LogP contribution < -0.4 is 15.4 Å². The lowest BCUT2D eigenvalue weighted by molar-refractivity contribution is -0.0408. The van der Waals surface area contributed by atoms with Gasteiger partial charge in [0, 0.05) is 31.6 Å². The van der Waals surface area contributed by atoms with Crippen LogP contribution in [0.1, 0.15) is 59.3 Å². The monoisotopic (exact) mass is 582 g/mol. The summed E-state index contributed by atoms with van der Waals surface area (Å²) < 4.78 is 57.7. The fourth-order valence-electron chi connectivity index (χ4n) is 7.82. The van der Waals surface area contributed by atoms with Crippen LogP contribution in [-0.4, -0.2) is 81.2 Å². The molecule has 6 atom stereocenters. The van der Waals surface area contributed by atoms with Crippen molar-refractivity contribution in [1.29, 1.82) is 0 Å². The zero-order chi connectivity index (χ0) is 28.6. The molecule has 0 aromatic carbocycles. The molecule has 2 N–H and O–H groups in total. The van der Waals surface area contributed by atoms with Crippen LogP contribution in [0.5, 0.6) is 6.01 Å². The van der Waals surface area contributed by atoms with Crippen molar-refractivity contribution in [2.45, 2.75) is 94.9 Å². The van der Waals surface area contributed by atoms with Gasteiger partial charge in [0.1, 0.15) is 30.2 Å². The lowest BCUT2D eigenvalue weighted by atomic mass is 9.66. The molecular weight excluding hydrogens is 549 g/mol. The number of primary amides is 1. The summed E-state index contributed by atoms with van der Waals surface area (Å²) in [5.74, 6) is -0.560. The molecule has 4 saturated heterocycles. The lowest BCUT2D eigenvalue weighted by Crippen LogP contribution is -2.68. The molecule has 4 aliphatic heterocycles. The van der Waals surface area contributed by atoms with Gasteiger partial charge < -0.3 is 20.1 Å². The molecule has 2 aromatic heterocycles. The Morgan fingerprint density at radius 2 is 2.05 bits per heavy atom. The minimum absolute atomic E-state index is 0.0926. The first kappa shape index (κ1) is 27.6. The molecule has 0 unspecified atom stereocenters. The number of rotatable bonds is 5. The minimum Gasteiger partial charge on any atom is -0.461 e. The van der Waals surface area contributed by atoms with Crippen LogP contribution in [-0.2, 0) is 4.74 Å². The lowest BCUT2D eigenvalue weighted by Gasteiger charge is -2.56. The normalized spacial score (nSPS) is 33.9. The second-order valence-electron chi connectivity index (χ2n) is 12.7. The van der Waals surface area contributed by atoms with E-state index in [2.05, 4.69) is 14.9 Å². The highest BCUT2D eigenvalue weighted by molar-refractivity contribution is 6.30. The molecule has 0 spiro atoms. The number of nitrogens with two attached hydrogens (primary N) is 1. The molecule has 13 heteroatoms. The Morgan fingerprint density at radius 3 is 2.77 bits per heavy atom. The number of piperidine rings is 1. The number of hydrogen-bond donors (Lipinski definition) is 1. The van der Waals surface area contributed by atoms with Gasteiger partial charge in [0.25, 0.3) is 0 Å². The van der Waals surface area contributed by atoms with E-state index in [-0.39, 0.29) is 47.0 Å². The molecule has 6 heterocycles. The van der Waals surface area contributed by atoms with Crippen molar-refractivity contribution in [3.8, 4) is 6.01 Å². The average Bonchev–Trinajstić information content (AvgIpc) is 3.51. The molecule has 2 bridgehead atoms. The van der Waals surface area contributed by atoms with Gasteiger partial charge in [-0.2, -0.15) is 9.97 Å². The van der Waals surface area contributed by atoms with E-state index in [1.165, 1.54) is 6.20 Å². The summed E-state index contributed by atoms with van der Waals surface area (Å²) in [5, 5.41) is -0.0910. The van der Waals surface area contributed by atoms with Gasteiger partial charge in [-0.25, -0.2) is 22.9 Å². The topological polar surface area (TPSA) is 107 Å². The Morgan fingerprint density at radius 1 is 1.27 bits per heavy atom. The van der Waals surface area contributed by atoms with Gasteiger partial charge in [0.2, 0.25) is 0 Å². The Balaban J connectivity index is 1.46. The number of fused-ring (bicyclic) bond motifs is 4. The summed E-state index contributed by atoms with van der Waals surface area (Å²) in [5.41, 5.74) is 2.89. The van der Waals surface area contributed by atoms with Crippen molar-refractivity contribution in [2.24, 2.45) is 11.1 Å². The SMILES string of the molecule is CC(C)(C)[C@@]12CC[C@H](C[C@H](OC(N)=O)[C@@H]1F)N2c1nc(OC[C@@]23CCCN2C[C@H](F)C3)nc2c(F)c(Cl)ncc12. The van der Waals surface area contributed by atoms with Gasteiger partial charge in [-0.3, -0.25) is 4.90 Å². The number of aromatic nitrogens is 3. The third kappa shape index (κ3) is 4.07. The summed E-state index contributed by atoms with van der Waals surface area (Å²) in [6.45, 7) is 7.05.